The predicted molar refractivity (Wildman–Crippen MR) is 165 cm³/mol. The monoisotopic (exact) mass is 682 g/mol. The largest absolute Gasteiger partial charge is 0.417 e. The predicted octanol–water partition coefficient (Wildman–Crippen LogP) is 6.86. The van der Waals surface area contributed by atoms with Gasteiger partial charge in [-0.25, -0.2) is 4.90 Å². The third-order valence-electron chi connectivity index (χ3n) is 8.32. The SMILES string of the molecule is O=C1C2C=C(C(O)c3cc(-c4ccccc4C(F)(F)F)ccc3C(F)(F)F)C(Nc3ccc([N+](=O)[O-])cc3)NC2C(=O)N1c1ccccc1. The van der Waals surface area contributed by atoms with E-state index in [1.807, 2.05) is 0 Å². The average molecular weight is 683 g/mol. The minimum atomic E-state index is -5.06. The van der Waals surface area contributed by atoms with Crippen molar-refractivity contribution in [2.75, 3.05) is 10.2 Å². The smallest absolute Gasteiger partial charge is 0.384 e. The molecule has 3 N–H and O–H groups in total. The van der Waals surface area contributed by atoms with Crippen LogP contribution < -0.4 is 15.5 Å². The number of aliphatic hydroxyl groups is 1. The maximum Gasteiger partial charge on any atom is 0.417 e. The topological polar surface area (TPSA) is 125 Å². The minimum Gasteiger partial charge on any atom is -0.384 e. The van der Waals surface area contributed by atoms with E-state index in [0.717, 1.165) is 47.4 Å². The molecule has 2 amide bonds. The van der Waals surface area contributed by atoms with Crippen molar-refractivity contribution in [2.45, 2.75) is 30.7 Å². The zero-order valence-corrected chi connectivity index (χ0v) is 24.9. The van der Waals surface area contributed by atoms with Crippen molar-refractivity contribution in [1.82, 2.24) is 5.32 Å². The second-order valence-electron chi connectivity index (χ2n) is 11.3. The Morgan fingerprint density at radius 2 is 1.45 bits per heavy atom. The molecule has 2 aliphatic heterocycles. The average Bonchev–Trinajstić information content (AvgIpc) is 3.31. The molecule has 4 aromatic rings. The van der Waals surface area contributed by atoms with Gasteiger partial charge in [-0.15, -0.1) is 0 Å². The maximum absolute atomic E-state index is 14.4. The van der Waals surface area contributed by atoms with E-state index < -0.39 is 75.6 Å². The number of nitrogens with one attached hydrogen (secondary N) is 2. The second kappa shape index (κ2) is 12.5. The molecule has 0 bridgehead atoms. The summed E-state index contributed by atoms with van der Waals surface area (Å²) in [5.41, 5.74) is -4.03. The molecule has 0 spiro atoms. The zero-order chi connectivity index (χ0) is 35.2. The highest BCUT2D eigenvalue weighted by molar-refractivity contribution is 6.24. The fraction of sp³-hybridized carbons (Fsp3) is 0.176. The number of non-ortho nitro benzene ring substituents is 1. The van der Waals surface area contributed by atoms with Crippen molar-refractivity contribution in [3.05, 3.63) is 136 Å². The summed E-state index contributed by atoms with van der Waals surface area (Å²) in [5.74, 6) is -2.69. The van der Waals surface area contributed by atoms with E-state index in [4.69, 9.17) is 0 Å². The highest BCUT2D eigenvalue weighted by atomic mass is 19.4. The van der Waals surface area contributed by atoms with Gasteiger partial charge in [-0.05, 0) is 64.7 Å². The Kier molecular flexibility index (Phi) is 8.50. The molecule has 4 atom stereocenters. The number of imide groups is 1. The van der Waals surface area contributed by atoms with Gasteiger partial charge in [0.2, 0.25) is 5.91 Å². The van der Waals surface area contributed by atoms with Crippen LogP contribution in [0, 0.1) is 16.0 Å². The van der Waals surface area contributed by atoms with E-state index in [1.54, 1.807) is 18.2 Å². The second-order valence-corrected chi connectivity index (χ2v) is 11.3. The molecule has 2 aliphatic rings. The van der Waals surface area contributed by atoms with Crippen molar-refractivity contribution in [3.63, 3.8) is 0 Å². The molecule has 4 unspecified atom stereocenters. The van der Waals surface area contributed by atoms with Gasteiger partial charge in [-0.3, -0.25) is 25.0 Å². The lowest BCUT2D eigenvalue weighted by atomic mass is 9.85. The van der Waals surface area contributed by atoms with Crippen LogP contribution >= 0.6 is 0 Å². The summed E-state index contributed by atoms with van der Waals surface area (Å²) in [4.78, 5) is 38.5. The van der Waals surface area contributed by atoms with Gasteiger partial charge in [0, 0.05) is 17.8 Å². The molecule has 1 fully saturated rings. The Balaban J connectivity index is 1.48. The lowest BCUT2D eigenvalue weighted by Gasteiger charge is -2.35. The molecule has 0 aromatic heterocycles. The molecule has 0 saturated carbocycles. The number of nitrogens with zero attached hydrogens (tertiary/aromatic N) is 2. The van der Waals surface area contributed by atoms with Gasteiger partial charge in [0.25, 0.3) is 11.6 Å². The van der Waals surface area contributed by atoms with Crippen LogP contribution in [0.15, 0.2) is 109 Å². The Hall–Kier alpha value is -5.54. The number of aliphatic hydroxyl groups excluding tert-OH is 1. The Labute approximate surface area is 273 Å². The lowest BCUT2D eigenvalue weighted by Crippen LogP contribution is -2.53. The summed E-state index contributed by atoms with van der Waals surface area (Å²) in [5, 5.41) is 28.7. The summed E-state index contributed by atoms with van der Waals surface area (Å²) < 4.78 is 84.8. The third kappa shape index (κ3) is 6.37. The zero-order valence-electron chi connectivity index (χ0n) is 24.9. The van der Waals surface area contributed by atoms with Gasteiger partial charge in [0.05, 0.1) is 27.7 Å². The number of benzene rings is 4. The fourth-order valence-corrected chi connectivity index (χ4v) is 6.04. The molecular weight excluding hydrogens is 658 g/mol. The van der Waals surface area contributed by atoms with Crippen molar-refractivity contribution in [3.8, 4) is 11.1 Å². The number of rotatable bonds is 7. The Morgan fingerprint density at radius 3 is 2.08 bits per heavy atom. The van der Waals surface area contributed by atoms with Gasteiger partial charge in [-0.2, -0.15) is 26.3 Å². The summed E-state index contributed by atoms with van der Waals surface area (Å²) in [6.45, 7) is 0. The molecule has 4 aromatic carbocycles. The van der Waals surface area contributed by atoms with Crippen LogP contribution in [-0.4, -0.2) is 34.1 Å². The molecule has 1 saturated heterocycles. The fourth-order valence-electron chi connectivity index (χ4n) is 6.04. The first-order valence-corrected chi connectivity index (χ1v) is 14.6. The maximum atomic E-state index is 14.4. The molecule has 49 heavy (non-hydrogen) atoms. The Morgan fingerprint density at radius 1 is 0.816 bits per heavy atom. The summed E-state index contributed by atoms with van der Waals surface area (Å²) >= 11 is 0. The quantitative estimate of drug-likeness (QED) is 0.0640. The summed E-state index contributed by atoms with van der Waals surface area (Å²) in [6.07, 6.45) is -12.2. The molecule has 2 heterocycles. The first-order chi connectivity index (χ1) is 23.1. The first-order valence-electron chi connectivity index (χ1n) is 14.6. The van der Waals surface area contributed by atoms with Crippen molar-refractivity contribution >= 4 is 28.9 Å². The summed E-state index contributed by atoms with van der Waals surface area (Å²) in [7, 11) is 0. The standard InChI is InChI=1S/C34H24F6N4O5/c35-33(36,37)26-9-5-4-8-22(26)18-10-15-27(34(38,39)40)23(16-18)29(45)25-17-24-28(32(47)43(31(24)46)20-6-2-1-3-7-20)42-30(25)41-19-11-13-21(14-12-19)44(48)49/h1-17,24,28-30,41-42,45H. The van der Waals surface area contributed by atoms with Gasteiger partial charge < -0.3 is 10.4 Å². The van der Waals surface area contributed by atoms with E-state index in [9.17, 15) is 51.2 Å². The van der Waals surface area contributed by atoms with Crippen LogP contribution in [-0.2, 0) is 21.9 Å². The number of amides is 2. The number of nitro benzene ring substituents is 1. The third-order valence-corrected chi connectivity index (χ3v) is 8.32. The number of para-hydroxylation sites is 1. The van der Waals surface area contributed by atoms with Gasteiger partial charge in [0.15, 0.2) is 0 Å². The van der Waals surface area contributed by atoms with E-state index in [-0.39, 0.29) is 28.2 Å². The van der Waals surface area contributed by atoms with Crippen molar-refractivity contribution in [1.29, 1.82) is 0 Å². The lowest BCUT2D eigenvalue weighted by molar-refractivity contribution is -0.384. The van der Waals surface area contributed by atoms with Gasteiger partial charge in [0.1, 0.15) is 18.3 Å². The van der Waals surface area contributed by atoms with Crippen LogP contribution in [0.5, 0.6) is 0 Å². The molecule has 0 radical (unpaired) electrons. The van der Waals surface area contributed by atoms with Gasteiger partial charge in [-0.1, -0.05) is 48.5 Å². The first kappa shape index (κ1) is 33.4. The van der Waals surface area contributed by atoms with Crippen LogP contribution in [0.25, 0.3) is 11.1 Å². The number of halogens is 6. The number of fused-ring (bicyclic) bond motifs is 1. The minimum absolute atomic E-state index is 0.195. The normalized spacial score (nSPS) is 20.1. The molecule has 0 aliphatic carbocycles. The molecule has 6 rings (SSSR count). The highest BCUT2D eigenvalue weighted by Crippen LogP contribution is 2.44. The summed E-state index contributed by atoms with van der Waals surface area (Å²) in [6, 6.07) is 18.1. The highest BCUT2D eigenvalue weighted by Gasteiger charge is 2.51. The van der Waals surface area contributed by atoms with Crippen molar-refractivity contribution < 1.29 is 46.0 Å². The molecule has 15 heteroatoms. The van der Waals surface area contributed by atoms with Crippen LogP contribution in [0.4, 0.5) is 43.4 Å². The number of carbonyl (C=O) groups is 2. The number of hydrogen-bond acceptors (Lipinski definition) is 7. The van der Waals surface area contributed by atoms with Gasteiger partial charge >= 0.3 is 12.4 Å². The van der Waals surface area contributed by atoms with Crippen LogP contribution in [0.3, 0.4) is 0 Å². The van der Waals surface area contributed by atoms with E-state index in [1.165, 1.54) is 36.4 Å². The van der Waals surface area contributed by atoms with Crippen LogP contribution in [0.2, 0.25) is 0 Å². The number of nitro groups is 1. The number of anilines is 2. The number of alkyl halides is 6. The van der Waals surface area contributed by atoms with E-state index in [2.05, 4.69) is 10.6 Å². The Bertz CT molecular complexity index is 1960. The number of hydrogen-bond donors (Lipinski definition) is 3. The van der Waals surface area contributed by atoms with Crippen LogP contribution in [0.1, 0.15) is 22.8 Å². The van der Waals surface area contributed by atoms with E-state index >= 15 is 0 Å². The van der Waals surface area contributed by atoms with E-state index in [0.29, 0.717) is 6.07 Å². The van der Waals surface area contributed by atoms with Crippen molar-refractivity contribution in [2.24, 2.45) is 5.92 Å². The number of carbonyl (C=O) groups excluding carboxylic acids is 2. The molecule has 9 nitrogen and oxygen atoms in total. The molecular formula is C34H24F6N4O5. The molecule has 252 valence electrons.